The lowest BCUT2D eigenvalue weighted by Gasteiger charge is -2.18. The summed E-state index contributed by atoms with van der Waals surface area (Å²) in [6.07, 6.45) is 4.67. The first-order valence-electron chi connectivity index (χ1n) is 3.06. The van der Waals surface area contributed by atoms with Gasteiger partial charge in [-0.25, -0.2) is 0 Å². The largest absolute Gasteiger partial charge is 0.390 e. The van der Waals surface area contributed by atoms with Crippen molar-refractivity contribution in [2.75, 3.05) is 0 Å². The fourth-order valence-corrected chi connectivity index (χ4v) is 0.705. The third kappa shape index (κ3) is 3.98. The van der Waals surface area contributed by atoms with E-state index in [1.54, 1.807) is 19.1 Å². The Labute approximate surface area is 56.7 Å². The van der Waals surface area contributed by atoms with Crippen molar-refractivity contribution in [2.45, 2.75) is 25.4 Å². The second kappa shape index (κ2) is 3.46. The molecule has 9 heavy (non-hydrogen) atoms. The lowest BCUT2D eigenvalue weighted by molar-refractivity contribution is 0.0667. The van der Waals surface area contributed by atoms with Crippen LogP contribution in [0.2, 0.25) is 0 Å². The van der Waals surface area contributed by atoms with E-state index in [0.29, 0.717) is 12.8 Å². The molecule has 0 aromatic heterocycles. The van der Waals surface area contributed by atoms with Crippen LogP contribution in [0.4, 0.5) is 0 Å². The quantitative estimate of drug-likeness (QED) is 0.570. The van der Waals surface area contributed by atoms with Gasteiger partial charge in [-0.2, -0.15) is 0 Å². The molecular formula is C8H14O. The first kappa shape index (κ1) is 8.44. The van der Waals surface area contributed by atoms with E-state index in [1.165, 1.54) is 0 Å². The van der Waals surface area contributed by atoms with Crippen molar-refractivity contribution >= 4 is 0 Å². The molecule has 0 unspecified atom stereocenters. The molecule has 0 saturated heterocycles. The smallest absolute Gasteiger partial charge is 0.0688 e. The van der Waals surface area contributed by atoms with Crippen LogP contribution in [0.15, 0.2) is 25.3 Å². The molecule has 0 radical (unpaired) electrons. The summed E-state index contributed by atoms with van der Waals surface area (Å²) in [4.78, 5) is 0. The predicted octanol–water partition coefficient (Wildman–Crippen LogP) is 1.89. The zero-order chi connectivity index (χ0) is 7.33. The number of hydrogen-bond donors (Lipinski definition) is 1. The van der Waals surface area contributed by atoms with Crippen molar-refractivity contribution in [1.82, 2.24) is 0 Å². The van der Waals surface area contributed by atoms with Crippen molar-refractivity contribution in [1.29, 1.82) is 0 Å². The highest BCUT2D eigenvalue weighted by molar-refractivity contribution is 4.88. The first-order valence-corrected chi connectivity index (χ1v) is 3.06. The fraction of sp³-hybridized carbons (Fsp3) is 0.500. The van der Waals surface area contributed by atoms with Crippen LogP contribution >= 0.6 is 0 Å². The molecule has 0 saturated carbocycles. The van der Waals surface area contributed by atoms with Crippen LogP contribution in [0.5, 0.6) is 0 Å². The lowest BCUT2D eigenvalue weighted by atomic mass is 9.99. The van der Waals surface area contributed by atoms with Gasteiger partial charge in [0.15, 0.2) is 0 Å². The predicted molar refractivity (Wildman–Crippen MR) is 40.3 cm³/mol. The van der Waals surface area contributed by atoms with Crippen LogP contribution in [0.25, 0.3) is 0 Å². The third-order valence-electron chi connectivity index (χ3n) is 1.17. The van der Waals surface area contributed by atoms with Crippen LogP contribution in [0.3, 0.4) is 0 Å². The maximum Gasteiger partial charge on any atom is 0.0688 e. The normalized spacial score (nSPS) is 10.9. The standard InChI is InChI=1S/C8H14O/c1-4-6-8(3,9)7-5-2/h4-5,9H,1-2,6-7H2,3H3. The molecule has 0 aliphatic heterocycles. The fourth-order valence-electron chi connectivity index (χ4n) is 0.705. The van der Waals surface area contributed by atoms with Crippen LogP contribution < -0.4 is 0 Å². The van der Waals surface area contributed by atoms with Gasteiger partial charge in [0.05, 0.1) is 5.60 Å². The Bertz CT molecular complexity index is 91.1. The average molecular weight is 126 g/mol. The SMILES string of the molecule is C=CCC(C)(O)CC=C. The summed E-state index contributed by atoms with van der Waals surface area (Å²) in [6.45, 7) is 8.84. The molecule has 52 valence electrons. The highest BCUT2D eigenvalue weighted by Gasteiger charge is 2.14. The summed E-state index contributed by atoms with van der Waals surface area (Å²) >= 11 is 0. The van der Waals surface area contributed by atoms with Crippen molar-refractivity contribution in [3.63, 3.8) is 0 Å². The van der Waals surface area contributed by atoms with Crippen molar-refractivity contribution in [3.05, 3.63) is 25.3 Å². The maximum atomic E-state index is 9.37. The average Bonchev–Trinajstić information content (AvgIpc) is 1.64. The number of hydrogen-bond acceptors (Lipinski definition) is 1. The van der Waals surface area contributed by atoms with Gasteiger partial charge in [0.1, 0.15) is 0 Å². The van der Waals surface area contributed by atoms with Crippen molar-refractivity contribution < 1.29 is 5.11 Å². The zero-order valence-electron chi connectivity index (χ0n) is 5.93. The van der Waals surface area contributed by atoms with E-state index in [2.05, 4.69) is 13.2 Å². The molecule has 0 spiro atoms. The molecule has 0 aromatic carbocycles. The van der Waals surface area contributed by atoms with Gasteiger partial charge in [-0.05, 0) is 19.8 Å². The molecule has 0 bridgehead atoms. The van der Waals surface area contributed by atoms with E-state index in [9.17, 15) is 5.11 Å². The summed E-state index contributed by atoms with van der Waals surface area (Å²) in [5, 5.41) is 9.37. The molecule has 1 N–H and O–H groups in total. The van der Waals surface area contributed by atoms with E-state index in [4.69, 9.17) is 0 Å². The summed E-state index contributed by atoms with van der Waals surface area (Å²) < 4.78 is 0. The molecule has 0 aliphatic rings. The summed E-state index contributed by atoms with van der Waals surface area (Å²) in [5.74, 6) is 0. The Kier molecular flexibility index (Phi) is 3.25. The summed E-state index contributed by atoms with van der Waals surface area (Å²) in [6, 6.07) is 0. The Balaban J connectivity index is 3.68. The summed E-state index contributed by atoms with van der Waals surface area (Å²) in [5.41, 5.74) is -0.635. The molecule has 0 rings (SSSR count). The molecule has 0 aromatic rings. The highest BCUT2D eigenvalue weighted by Crippen LogP contribution is 2.14. The van der Waals surface area contributed by atoms with Crippen LogP contribution in [-0.2, 0) is 0 Å². The summed E-state index contributed by atoms with van der Waals surface area (Å²) in [7, 11) is 0. The molecule has 0 heterocycles. The van der Waals surface area contributed by atoms with E-state index in [1.807, 2.05) is 0 Å². The lowest BCUT2D eigenvalue weighted by Crippen LogP contribution is -2.21. The molecule has 1 heteroatoms. The molecule has 0 aliphatic carbocycles. The van der Waals surface area contributed by atoms with Gasteiger partial charge in [-0.3, -0.25) is 0 Å². The van der Waals surface area contributed by atoms with Gasteiger partial charge in [0.2, 0.25) is 0 Å². The molecule has 0 fully saturated rings. The van der Waals surface area contributed by atoms with Gasteiger partial charge in [-0.1, -0.05) is 12.2 Å². The van der Waals surface area contributed by atoms with Crippen molar-refractivity contribution in [3.8, 4) is 0 Å². The Hall–Kier alpha value is -0.560. The zero-order valence-corrected chi connectivity index (χ0v) is 5.93. The van der Waals surface area contributed by atoms with E-state index >= 15 is 0 Å². The van der Waals surface area contributed by atoms with E-state index in [-0.39, 0.29) is 0 Å². The Morgan fingerprint density at radius 2 is 1.67 bits per heavy atom. The van der Waals surface area contributed by atoms with Gasteiger partial charge in [-0.15, -0.1) is 13.2 Å². The van der Waals surface area contributed by atoms with E-state index in [0.717, 1.165) is 0 Å². The number of aliphatic hydroxyl groups is 1. The molecule has 0 atom stereocenters. The second-order valence-electron chi connectivity index (χ2n) is 2.48. The minimum absolute atomic E-state index is 0.624. The van der Waals surface area contributed by atoms with E-state index < -0.39 is 5.60 Å². The first-order chi connectivity index (χ1) is 4.12. The van der Waals surface area contributed by atoms with Gasteiger partial charge in [0, 0.05) is 0 Å². The van der Waals surface area contributed by atoms with Crippen LogP contribution in [0, 0.1) is 0 Å². The molecule has 1 nitrogen and oxygen atoms in total. The van der Waals surface area contributed by atoms with Crippen LogP contribution in [-0.4, -0.2) is 10.7 Å². The topological polar surface area (TPSA) is 20.2 Å². The second-order valence-corrected chi connectivity index (χ2v) is 2.48. The minimum atomic E-state index is -0.635. The maximum absolute atomic E-state index is 9.37. The number of rotatable bonds is 4. The van der Waals surface area contributed by atoms with Crippen molar-refractivity contribution in [2.24, 2.45) is 0 Å². The van der Waals surface area contributed by atoms with Gasteiger partial charge in [0.25, 0.3) is 0 Å². The Morgan fingerprint density at radius 1 is 1.33 bits per heavy atom. The molecular weight excluding hydrogens is 112 g/mol. The van der Waals surface area contributed by atoms with Crippen LogP contribution in [0.1, 0.15) is 19.8 Å². The Morgan fingerprint density at radius 3 is 1.89 bits per heavy atom. The van der Waals surface area contributed by atoms with Gasteiger partial charge >= 0.3 is 0 Å². The third-order valence-corrected chi connectivity index (χ3v) is 1.17. The molecule has 0 amide bonds. The monoisotopic (exact) mass is 126 g/mol. The van der Waals surface area contributed by atoms with Gasteiger partial charge < -0.3 is 5.11 Å². The highest BCUT2D eigenvalue weighted by atomic mass is 16.3. The minimum Gasteiger partial charge on any atom is -0.390 e.